The van der Waals surface area contributed by atoms with Gasteiger partial charge in [-0.05, 0) is 42.8 Å². The van der Waals surface area contributed by atoms with E-state index in [1.54, 1.807) is 24.3 Å². The van der Waals surface area contributed by atoms with Crippen LogP contribution in [0, 0.1) is 12.7 Å². The summed E-state index contributed by atoms with van der Waals surface area (Å²) in [6.07, 6.45) is 1.44. The summed E-state index contributed by atoms with van der Waals surface area (Å²) in [6.45, 7) is 1.97. The third-order valence-corrected chi connectivity index (χ3v) is 5.77. The maximum absolute atomic E-state index is 13.4. The first-order valence-corrected chi connectivity index (χ1v) is 9.85. The van der Waals surface area contributed by atoms with Crippen LogP contribution in [0.25, 0.3) is 21.3 Å². The van der Waals surface area contributed by atoms with Crippen molar-refractivity contribution in [3.63, 3.8) is 0 Å². The standard InChI is InChI=1S/C20H13BrFN3O2S/c1-10-16(11-2-5-13(22)6-3-11)17-18(23-9-24-19(17)28-10)25-15-7-4-12(21)8-14(15)20(26)27/h2-9H,1H3,(H,26,27)(H,23,24,25). The van der Waals surface area contributed by atoms with Crippen molar-refractivity contribution in [3.05, 3.63) is 69.5 Å². The number of carbonyl (C=O) groups is 1. The van der Waals surface area contributed by atoms with Crippen molar-refractivity contribution in [1.29, 1.82) is 0 Å². The number of hydrogen-bond acceptors (Lipinski definition) is 5. The lowest BCUT2D eigenvalue weighted by atomic mass is 10.0. The lowest BCUT2D eigenvalue weighted by molar-refractivity contribution is 0.0698. The molecule has 2 N–H and O–H groups in total. The van der Waals surface area contributed by atoms with Crippen LogP contribution in [0.3, 0.4) is 0 Å². The minimum atomic E-state index is -1.05. The maximum Gasteiger partial charge on any atom is 0.337 e. The molecule has 4 rings (SSSR count). The zero-order valence-electron chi connectivity index (χ0n) is 14.5. The van der Waals surface area contributed by atoms with E-state index in [2.05, 4.69) is 31.2 Å². The second-order valence-corrected chi connectivity index (χ2v) is 8.18. The van der Waals surface area contributed by atoms with Crippen LogP contribution in [0.5, 0.6) is 0 Å². The molecule has 0 aliphatic heterocycles. The molecule has 0 bridgehead atoms. The number of aromatic carboxylic acids is 1. The number of fused-ring (bicyclic) bond motifs is 1. The second kappa shape index (κ2) is 7.29. The van der Waals surface area contributed by atoms with Crippen LogP contribution in [0.2, 0.25) is 0 Å². The molecule has 0 saturated carbocycles. The van der Waals surface area contributed by atoms with Crippen molar-refractivity contribution in [1.82, 2.24) is 9.97 Å². The number of halogens is 2. The van der Waals surface area contributed by atoms with Gasteiger partial charge in [0.25, 0.3) is 0 Å². The van der Waals surface area contributed by atoms with E-state index in [1.165, 1.54) is 35.9 Å². The number of carboxylic acid groups (broad SMARTS) is 1. The summed E-state index contributed by atoms with van der Waals surface area (Å²) in [6, 6.07) is 11.2. The number of carboxylic acids is 1. The first kappa shape index (κ1) is 18.5. The number of nitrogens with zero attached hydrogens (tertiary/aromatic N) is 2. The average molecular weight is 458 g/mol. The Morgan fingerprint density at radius 2 is 1.93 bits per heavy atom. The molecule has 0 amide bonds. The number of aryl methyl sites for hydroxylation is 1. The van der Waals surface area contributed by atoms with Crippen LogP contribution >= 0.6 is 27.3 Å². The maximum atomic E-state index is 13.4. The van der Waals surface area contributed by atoms with Crippen molar-refractivity contribution >= 4 is 55.0 Å². The number of thiophene rings is 1. The van der Waals surface area contributed by atoms with Crippen molar-refractivity contribution in [2.45, 2.75) is 6.92 Å². The number of aromatic nitrogens is 2. The van der Waals surface area contributed by atoms with Crippen LogP contribution in [0.1, 0.15) is 15.2 Å². The largest absolute Gasteiger partial charge is 0.478 e. The van der Waals surface area contributed by atoms with Gasteiger partial charge in [-0.2, -0.15) is 0 Å². The Morgan fingerprint density at radius 1 is 1.18 bits per heavy atom. The zero-order chi connectivity index (χ0) is 19.8. The van der Waals surface area contributed by atoms with E-state index in [4.69, 9.17) is 0 Å². The van der Waals surface area contributed by atoms with Gasteiger partial charge < -0.3 is 10.4 Å². The summed E-state index contributed by atoms with van der Waals surface area (Å²) in [4.78, 5) is 22.1. The lowest BCUT2D eigenvalue weighted by Gasteiger charge is -2.11. The number of benzene rings is 2. The van der Waals surface area contributed by atoms with E-state index in [1.807, 2.05) is 6.92 Å². The second-order valence-electron chi connectivity index (χ2n) is 6.06. The highest BCUT2D eigenvalue weighted by atomic mass is 79.9. The SMILES string of the molecule is Cc1sc2ncnc(Nc3ccc(Br)cc3C(=O)O)c2c1-c1ccc(F)cc1. The predicted molar refractivity (Wildman–Crippen MR) is 112 cm³/mol. The molecule has 2 aromatic heterocycles. The van der Waals surface area contributed by atoms with E-state index in [0.29, 0.717) is 16.0 Å². The molecule has 0 fully saturated rings. The van der Waals surface area contributed by atoms with Gasteiger partial charge in [0.05, 0.1) is 16.6 Å². The molecular weight excluding hydrogens is 445 g/mol. The van der Waals surface area contributed by atoms with E-state index in [0.717, 1.165) is 26.2 Å². The summed E-state index contributed by atoms with van der Waals surface area (Å²) in [7, 11) is 0. The number of nitrogens with one attached hydrogen (secondary N) is 1. The summed E-state index contributed by atoms with van der Waals surface area (Å²) in [5.41, 5.74) is 2.29. The van der Waals surface area contributed by atoms with Gasteiger partial charge in [-0.1, -0.05) is 28.1 Å². The molecule has 28 heavy (non-hydrogen) atoms. The van der Waals surface area contributed by atoms with E-state index < -0.39 is 5.97 Å². The van der Waals surface area contributed by atoms with Crippen molar-refractivity contribution < 1.29 is 14.3 Å². The molecule has 0 radical (unpaired) electrons. The molecule has 0 spiro atoms. The van der Waals surface area contributed by atoms with Crippen molar-refractivity contribution in [2.75, 3.05) is 5.32 Å². The summed E-state index contributed by atoms with van der Waals surface area (Å²) in [5.74, 6) is -0.857. The van der Waals surface area contributed by atoms with Gasteiger partial charge >= 0.3 is 5.97 Å². The predicted octanol–water partition coefficient (Wildman–Crippen LogP) is 6.01. The Morgan fingerprint density at radius 3 is 2.64 bits per heavy atom. The van der Waals surface area contributed by atoms with Crippen LogP contribution in [0.15, 0.2) is 53.3 Å². The van der Waals surface area contributed by atoms with Crippen LogP contribution in [-0.4, -0.2) is 21.0 Å². The number of rotatable bonds is 4. The molecule has 5 nitrogen and oxygen atoms in total. The molecule has 140 valence electrons. The molecule has 0 aliphatic carbocycles. The van der Waals surface area contributed by atoms with E-state index in [-0.39, 0.29) is 11.4 Å². The Kier molecular flexibility index (Phi) is 4.82. The first-order chi connectivity index (χ1) is 13.4. The van der Waals surface area contributed by atoms with Crippen LogP contribution in [0.4, 0.5) is 15.9 Å². The highest BCUT2D eigenvalue weighted by molar-refractivity contribution is 9.10. The summed E-state index contributed by atoms with van der Waals surface area (Å²) >= 11 is 4.80. The third-order valence-electron chi connectivity index (χ3n) is 4.26. The van der Waals surface area contributed by atoms with Gasteiger partial charge in [0, 0.05) is 14.9 Å². The van der Waals surface area contributed by atoms with Gasteiger partial charge in [-0.25, -0.2) is 19.2 Å². The molecule has 8 heteroatoms. The zero-order valence-corrected chi connectivity index (χ0v) is 16.9. The molecule has 2 heterocycles. The van der Waals surface area contributed by atoms with E-state index >= 15 is 0 Å². The fourth-order valence-corrected chi connectivity index (χ4v) is 4.41. The van der Waals surface area contributed by atoms with Crippen LogP contribution < -0.4 is 5.32 Å². The third kappa shape index (κ3) is 3.36. The topological polar surface area (TPSA) is 75.1 Å². The lowest BCUT2D eigenvalue weighted by Crippen LogP contribution is -2.04. The van der Waals surface area contributed by atoms with Crippen molar-refractivity contribution in [3.8, 4) is 11.1 Å². The highest BCUT2D eigenvalue weighted by Gasteiger charge is 2.19. The smallest absolute Gasteiger partial charge is 0.337 e. The minimum absolute atomic E-state index is 0.122. The average Bonchev–Trinajstić information content (AvgIpc) is 3.00. The Balaban J connectivity index is 1.90. The normalized spacial score (nSPS) is 11.0. The Bertz CT molecular complexity index is 1210. The number of hydrogen-bond donors (Lipinski definition) is 2. The molecule has 2 aromatic carbocycles. The Hall–Kier alpha value is -2.84. The first-order valence-electron chi connectivity index (χ1n) is 8.24. The Labute approximate surface area is 172 Å². The van der Waals surface area contributed by atoms with E-state index in [9.17, 15) is 14.3 Å². The summed E-state index contributed by atoms with van der Waals surface area (Å²) < 4.78 is 14.0. The van der Waals surface area contributed by atoms with Gasteiger partial charge in [0.1, 0.15) is 22.8 Å². The molecule has 0 aliphatic rings. The molecule has 4 aromatic rings. The fraction of sp³-hybridized carbons (Fsp3) is 0.0500. The molecule has 0 atom stereocenters. The fourth-order valence-electron chi connectivity index (χ4n) is 3.03. The van der Waals surface area contributed by atoms with Gasteiger partial charge in [-0.3, -0.25) is 0 Å². The molecular formula is C20H13BrFN3O2S. The quantitative estimate of drug-likeness (QED) is 0.392. The van der Waals surface area contributed by atoms with Gasteiger partial charge in [0.15, 0.2) is 0 Å². The van der Waals surface area contributed by atoms with Crippen molar-refractivity contribution in [2.24, 2.45) is 0 Å². The van der Waals surface area contributed by atoms with Gasteiger partial charge in [0.2, 0.25) is 0 Å². The van der Waals surface area contributed by atoms with Crippen LogP contribution in [-0.2, 0) is 0 Å². The number of anilines is 2. The highest BCUT2D eigenvalue weighted by Crippen LogP contribution is 2.41. The summed E-state index contributed by atoms with van der Waals surface area (Å²) in [5, 5.41) is 13.4. The minimum Gasteiger partial charge on any atom is -0.478 e. The monoisotopic (exact) mass is 457 g/mol. The van der Waals surface area contributed by atoms with Gasteiger partial charge in [-0.15, -0.1) is 11.3 Å². The molecule has 0 saturated heterocycles. The molecule has 0 unspecified atom stereocenters.